The first-order valence-electron chi connectivity index (χ1n) is 10.3. The van der Waals surface area contributed by atoms with Crippen molar-refractivity contribution in [3.8, 4) is 0 Å². The van der Waals surface area contributed by atoms with Crippen molar-refractivity contribution in [3.63, 3.8) is 0 Å². The Labute approximate surface area is 169 Å². The molecule has 0 aliphatic carbocycles. The highest BCUT2D eigenvalue weighted by atomic mass is 16.5. The summed E-state index contributed by atoms with van der Waals surface area (Å²) in [6.45, 7) is 7.52. The summed E-state index contributed by atoms with van der Waals surface area (Å²) >= 11 is 0. The molecule has 5 nitrogen and oxygen atoms in total. The average Bonchev–Trinajstić information content (AvgIpc) is 2.72. The summed E-state index contributed by atoms with van der Waals surface area (Å²) in [5.74, 6) is 0.871. The summed E-state index contributed by atoms with van der Waals surface area (Å²) in [7, 11) is 4.30. The van der Waals surface area contributed by atoms with Gasteiger partial charge in [-0.15, -0.1) is 0 Å². The van der Waals surface area contributed by atoms with Crippen LogP contribution in [0.4, 0.5) is 0 Å². The van der Waals surface area contributed by atoms with Crippen LogP contribution in [0.3, 0.4) is 0 Å². The maximum atomic E-state index is 5.58. The Kier molecular flexibility index (Phi) is 6.92. The van der Waals surface area contributed by atoms with Crippen LogP contribution in [0.5, 0.6) is 0 Å². The lowest BCUT2D eigenvalue weighted by Crippen LogP contribution is -2.51. The van der Waals surface area contributed by atoms with Crippen LogP contribution >= 0.6 is 0 Å². The highest BCUT2D eigenvalue weighted by molar-refractivity contribution is 5.84. The lowest BCUT2D eigenvalue weighted by Gasteiger charge is -2.41. The number of ether oxygens (including phenoxy) is 1. The molecule has 0 spiro atoms. The summed E-state index contributed by atoms with van der Waals surface area (Å²) in [6.07, 6.45) is 2.03. The molecule has 5 heteroatoms. The molecular formula is C23H34N4O. The third kappa shape index (κ3) is 4.83. The molecule has 2 aromatic carbocycles. The van der Waals surface area contributed by atoms with E-state index in [9.17, 15) is 0 Å². The van der Waals surface area contributed by atoms with Crippen LogP contribution in [-0.4, -0.2) is 56.8 Å². The fraction of sp³-hybridized carbons (Fsp3) is 0.522. The number of fused-ring (bicyclic) bond motifs is 1. The third-order valence-corrected chi connectivity index (χ3v) is 5.87. The highest BCUT2D eigenvalue weighted by Crippen LogP contribution is 2.26. The van der Waals surface area contributed by atoms with Crippen molar-refractivity contribution in [3.05, 3.63) is 48.0 Å². The Balaban J connectivity index is 1.74. The Hall–Kier alpha value is -2.11. The Morgan fingerprint density at radius 2 is 1.86 bits per heavy atom. The fourth-order valence-corrected chi connectivity index (χ4v) is 3.81. The maximum absolute atomic E-state index is 5.58. The molecule has 1 aliphatic heterocycles. The summed E-state index contributed by atoms with van der Waals surface area (Å²) in [5, 5.41) is 9.53. The van der Waals surface area contributed by atoms with E-state index in [0.29, 0.717) is 0 Å². The van der Waals surface area contributed by atoms with E-state index >= 15 is 0 Å². The number of aliphatic imine (C=N–C) groups is 1. The quantitative estimate of drug-likeness (QED) is 0.592. The van der Waals surface area contributed by atoms with Gasteiger partial charge in [0.1, 0.15) is 0 Å². The van der Waals surface area contributed by atoms with Gasteiger partial charge in [0.15, 0.2) is 5.96 Å². The molecule has 1 aliphatic rings. The zero-order valence-corrected chi connectivity index (χ0v) is 17.7. The molecule has 3 rings (SSSR count). The van der Waals surface area contributed by atoms with E-state index in [1.54, 1.807) is 0 Å². The fourth-order valence-electron chi connectivity index (χ4n) is 3.81. The van der Waals surface area contributed by atoms with Gasteiger partial charge >= 0.3 is 0 Å². The molecule has 0 bridgehead atoms. The van der Waals surface area contributed by atoms with Crippen molar-refractivity contribution >= 4 is 16.7 Å². The van der Waals surface area contributed by atoms with Gasteiger partial charge in [-0.2, -0.15) is 0 Å². The molecule has 1 heterocycles. The van der Waals surface area contributed by atoms with Crippen LogP contribution < -0.4 is 10.6 Å². The summed E-state index contributed by atoms with van der Waals surface area (Å²) in [5.41, 5.74) is 1.34. The molecule has 1 unspecified atom stereocenters. The number of benzene rings is 2. The molecule has 0 amide bonds. The van der Waals surface area contributed by atoms with Gasteiger partial charge in [-0.25, -0.2) is 0 Å². The maximum Gasteiger partial charge on any atom is 0.191 e. The van der Waals surface area contributed by atoms with Crippen LogP contribution in [0, 0.1) is 0 Å². The van der Waals surface area contributed by atoms with Gasteiger partial charge in [-0.1, -0.05) is 36.4 Å². The van der Waals surface area contributed by atoms with Crippen LogP contribution in [-0.2, 0) is 4.74 Å². The molecule has 2 N–H and O–H groups in total. The van der Waals surface area contributed by atoms with Gasteiger partial charge in [0.05, 0.1) is 12.6 Å². The molecule has 1 fully saturated rings. The minimum atomic E-state index is 0.0762. The number of nitrogens with zero attached hydrogens (tertiary/aromatic N) is 2. The van der Waals surface area contributed by atoms with Crippen LogP contribution in [0.1, 0.15) is 38.3 Å². The van der Waals surface area contributed by atoms with Gasteiger partial charge in [-0.3, -0.25) is 4.99 Å². The van der Waals surface area contributed by atoms with E-state index in [2.05, 4.69) is 85.9 Å². The minimum Gasteiger partial charge on any atom is -0.381 e. The van der Waals surface area contributed by atoms with Gasteiger partial charge in [0.2, 0.25) is 0 Å². The normalized spacial score (nSPS) is 18.2. The number of guanidine groups is 1. The van der Waals surface area contributed by atoms with Crippen molar-refractivity contribution in [1.29, 1.82) is 0 Å². The topological polar surface area (TPSA) is 48.9 Å². The predicted octanol–water partition coefficient (Wildman–Crippen LogP) is 3.57. The van der Waals surface area contributed by atoms with Crippen molar-refractivity contribution in [2.75, 3.05) is 40.4 Å². The van der Waals surface area contributed by atoms with Crippen LogP contribution in [0.15, 0.2) is 47.5 Å². The van der Waals surface area contributed by atoms with E-state index in [1.165, 1.54) is 16.3 Å². The molecule has 2 aromatic rings. The zero-order valence-electron chi connectivity index (χ0n) is 17.7. The zero-order chi connectivity index (χ0) is 20.0. The van der Waals surface area contributed by atoms with Crippen molar-refractivity contribution in [2.24, 2.45) is 4.99 Å². The third-order valence-electron chi connectivity index (χ3n) is 5.87. The molecule has 0 saturated carbocycles. The molecule has 0 radical (unpaired) electrons. The summed E-state index contributed by atoms with van der Waals surface area (Å²) in [6, 6.07) is 15.3. The second-order valence-electron chi connectivity index (χ2n) is 7.90. The van der Waals surface area contributed by atoms with Crippen molar-refractivity contribution in [1.82, 2.24) is 15.5 Å². The Morgan fingerprint density at radius 3 is 2.54 bits per heavy atom. The molecule has 1 saturated heterocycles. The van der Waals surface area contributed by atoms with Gasteiger partial charge < -0.3 is 20.3 Å². The molecule has 0 aromatic heterocycles. The van der Waals surface area contributed by atoms with E-state index < -0.39 is 0 Å². The largest absolute Gasteiger partial charge is 0.381 e. The van der Waals surface area contributed by atoms with Crippen LogP contribution in [0.25, 0.3) is 10.8 Å². The minimum absolute atomic E-state index is 0.0762. The standard InChI is InChI=1S/C23H34N4O/c1-5-24-22(25-17-23(27(3)4)12-14-28-15-13-23)26-18(2)20-11-10-19-8-6-7-9-21(19)16-20/h6-11,16,18H,5,12-15,17H2,1-4H3,(H2,24,25,26). The predicted molar refractivity (Wildman–Crippen MR) is 118 cm³/mol. The first-order chi connectivity index (χ1) is 13.5. The van der Waals surface area contributed by atoms with E-state index in [1.807, 2.05) is 0 Å². The lowest BCUT2D eigenvalue weighted by atomic mass is 9.89. The number of nitrogens with one attached hydrogen (secondary N) is 2. The molecule has 28 heavy (non-hydrogen) atoms. The molecule has 152 valence electrons. The summed E-state index contributed by atoms with van der Waals surface area (Å²) < 4.78 is 5.58. The number of likely N-dealkylation sites (N-methyl/N-ethyl adjacent to an activating group) is 1. The van der Waals surface area contributed by atoms with Crippen molar-refractivity contribution in [2.45, 2.75) is 38.3 Å². The van der Waals surface area contributed by atoms with Crippen LogP contribution in [0.2, 0.25) is 0 Å². The number of hydrogen-bond donors (Lipinski definition) is 2. The first kappa shape index (κ1) is 20.6. The van der Waals surface area contributed by atoms with Gasteiger partial charge in [-0.05, 0) is 63.2 Å². The SMILES string of the molecule is CCNC(=NCC1(N(C)C)CCOCC1)NC(C)c1ccc2ccccc2c1. The highest BCUT2D eigenvalue weighted by Gasteiger charge is 2.34. The second-order valence-corrected chi connectivity index (χ2v) is 7.90. The Morgan fingerprint density at radius 1 is 1.14 bits per heavy atom. The molecular weight excluding hydrogens is 348 g/mol. The van der Waals surface area contributed by atoms with Crippen molar-refractivity contribution < 1.29 is 4.74 Å². The number of hydrogen-bond acceptors (Lipinski definition) is 3. The van der Waals surface area contributed by atoms with E-state index in [4.69, 9.17) is 9.73 Å². The first-order valence-corrected chi connectivity index (χ1v) is 10.3. The van der Waals surface area contributed by atoms with Gasteiger partial charge in [0.25, 0.3) is 0 Å². The number of rotatable bonds is 6. The lowest BCUT2D eigenvalue weighted by molar-refractivity contribution is -0.00255. The van der Waals surface area contributed by atoms with E-state index in [-0.39, 0.29) is 11.6 Å². The Bertz CT molecular complexity index is 796. The van der Waals surface area contributed by atoms with Gasteiger partial charge in [0, 0.05) is 25.3 Å². The average molecular weight is 383 g/mol. The smallest absolute Gasteiger partial charge is 0.191 e. The summed E-state index contributed by atoms with van der Waals surface area (Å²) in [4.78, 5) is 7.27. The second kappa shape index (κ2) is 9.39. The molecule has 1 atom stereocenters. The van der Waals surface area contributed by atoms with E-state index in [0.717, 1.165) is 45.1 Å². The monoisotopic (exact) mass is 382 g/mol.